The van der Waals surface area contributed by atoms with Crippen LogP contribution in [0.15, 0.2) is 30.3 Å². The second-order valence-corrected chi connectivity index (χ2v) is 4.80. The number of Topliss-reactive ketones (excluding diaryl/α,β-unsaturated/α-hetero) is 1. The van der Waals surface area contributed by atoms with Crippen molar-refractivity contribution < 1.29 is 9.53 Å². The zero-order chi connectivity index (χ0) is 12.0. The number of benzene rings is 1. The summed E-state index contributed by atoms with van der Waals surface area (Å²) in [5, 5.41) is 0. The molecule has 0 heterocycles. The van der Waals surface area contributed by atoms with Gasteiger partial charge in [0.15, 0.2) is 5.78 Å². The van der Waals surface area contributed by atoms with E-state index in [2.05, 4.69) is 15.9 Å². The number of carbonyl (C=O) groups is 1. The van der Waals surface area contributed by atoms with Crippen molar-refractivity contribution in [2.24, 2.45) is 0 Å². The van der Waals surface area contributed by atoms with Gasteiger partial charge in [-0.1, -0.05) is 46.3 Å². The van der Waals surface area contributed by atoms with Crippen LogP contribution in [0.3, 0.4) is 0 Å². The highest BCUT2D eigenvalue weighted by Crippen LogP contribution is 2.16. The summed E-state index contributed by atoms with van der Waals surface area (Å²) in [5.74, 6) is 0.118. The number of hydrogen-bond acceptors (Lipinski definition) is 2. The Balaban J connectivity index is 2.55. The van der Waals surface area contributed by atoms with Gasteiger partial charge in [-0.05, 0) is 20.3 Å². The maximum atomic E-state index is 12.0. The van der Waals surface area contributed by atoms with Crippen LogP contribution in [0.5, 0.6) is 0 Å². The minimum Gasteiger partial charge on any atom is -0.379 e. The Morgan fingerprint density at radius 1 is 1.38 bits per heavy atom. The number of ketones is 1. The molecule has 0 spiro atoms. The van der Waals surface area contributed by atoms with Crippen LogP contribution in [0.1, 0.15) is 30.6 Å². The third-order valence-corrected chi connectivity index (χ3v) is 3.12. The van der Waals surface area contributed by atoms with Crippen molar-refractivity contribution in [3.05, 3.63) is 35.9 Å². The van der Waals surface area contributed by atoms with E-state index in [0.717, 1.165) is 5.56 Å². The maximum Gasteiger partial charge on any atom is 0.176 e. The van der Waals surface area contributed by atoms with Crippen molar-refractivity contribution in [1.29, 1.82) is 0 Å². The summed E-state index contributed by atoms with van der Waals surface area (Å²) in [7, 11) is 0. The molecule has 1 aromatic carbocycles. The van der Waals surface area contributed by atoms with Gasteiger partial charge in [0.1, 0.15) is 0 Å². The molecule has 0 amide bonds. The third kappa shape index (κ3) is 4.06. The number of hydrogen-bond donors (Lipinski definition) is 0. The van der Waals surface area contributed by atoms with E-state index < -0.39 is 0 Å². The highest BCUT2D eigenvalue weighted by molar-refractivity contribution is 9.10. The van der Waals surface area contributed by atoms with E-state index in [-0.39, 0.29) is 16.7 Å². The monoisotopic (exact) mass is 284 g/mol. The van der Waals surface area contributed by atoms with Crippen molar-refractivity contribution >= 4 is 21.7 Å². The molecule has 0 bridgehead atoms. The van der Waals surface area contributed by atoms with Crippen molar-refractivity contribution in [2.45, 2.75) is 31.2 Å². The fourth-order valence-corrected chi connectivity index (χ4v) is 2.33. The summed E-state index contributed by atoms with van der Waals surface area (Å²) in [5.41, 5.74) is 0.744. The van der Waals surface area contributed by atoms with Crippen molar-refractivity contribution in [1.82, 2.24) is 0 Å². The lowest BCUT2D eigenvalue weighted by Crippen LogP contribution is -2.21. The Bertz CT molecular complexity index is 324. The Labute approximate surface area is 105 Å². The molecule has 0 N–H and O–H groups in total. The lowest BCUT2D eigenvalue weighted by molar-refractivity contribution is 0.0667. The molecule has 0 aromatic heterocycles. The van der Waals surface area contributed by atoms with Gasteiger partial charge in [0, 0.05) is 12.2 Å². The number of ether oxygens (including phenoxy) is 1. The fourth-order valence-electron chi connectivity index (χ4n) is 1.53. The molecule has 0 aliphatic rings. The smallest absolute Gasteiger partial charge is 0.176 e. The van der Waals surface area contributed by atoms with E-state index in [1.807, 2.05) is 44.2 Å². The average molecular weight is 285 g/mol. The Morgan fingerprint density at radius 2 is 2.00 bits per heavy atom. The largest absolute Gasteiger partial charge is 0.379 e. The molecular weight excluding hydrogens is 268 g/mol. The molecule has 0 saturated heterocycles. The average Bonchev–Trinajstić information content (AvgIpc) is 2.29. The SMILES string of the molecule is CCOC(C)CC(Br)C(=O)c1ccccc1. The molecule has 2 unspecified atom stereocenters. The molecule has 1 rings (SSSR count). The summed E-state index contributed by atoms with van der Waals surface area (Å²) in [6, 6.07) is 9.32. The van der Waals surface area contributed by atoms with Crippen molar-refractivity contribution in [2.75, 3.05) is 6.61 Å². The molecule has 0 fully saturated rings. The van der Waals surface area contributed by atoms with E-state index >= 15 is 0 Å². The first-order chi connectivity index (χ1) is 7.65. The lowest BCUT2D eigenvalue weighted by Gasteiger charge is -2.15. The van der Waals surface area contributed by atoms with Crippen LogP contribution in [0.2, 0.25) is 0 Å². The quantitative estimate of drug-likeness (QED) is 0.591. The minimum absolute atomic E-state index is 0.0991. The van der Waals surface area contributed by atoms with Crippen LogP contribution >= 0.6 is 15.9 Å². The summed E-state index contributed by atoms with van der Waals surface area (Å²) in [6.45, 7) is 4.62. The molecule has 0 radical (unpaired) electrons. The summed E-state index contributed by atoms with van der Waals surface area (Å²) in [6.07, 6.45) is 0.795. The fraction of sp³-hybridized carbons (Fsp3) is 0.462. The Hall–Kier alpha value is -0.670. The van der Waals surface area contributed by atoms with Gasteiger partial charge in [-0.25, -0.2) is 0 Å². The van der Waals surface area contributed by atoms with E-state index in [1.54, 1.807) is 0 Å². The normalized spacial score (nSPS) is 14.4. The summed E-state index contributed by atoms with van der Waals surface area (Å²) >= 11 is 3.42. The molecule has 1 aromatic rings. The first-order valence-electron chi connectivity index (χ1n) is 5.50. The summed E-state index contributed by atoms with van der Waals surface area (Å²) in [4.78, 5) is 11.8. The second kappa shape index (κ2) is 6.81. The predicted octanol–water partition coefficient (Wildman–Crippen LogP) is 3.45. The van der Waals surface area contributed by atoms with E-state index in [0.29, 0.717) is 13.0 Å². The zero-order valence-corrected chi connectivity index (χ0v) is 11.2. The van der Waals surface area contributed by atoms with E-state index in [1.165, 1.54) is 0 Å². The zero-order valence-electron chi connectivity index (χ0n) is 9.65. The van der Waals surface area contributed by atoms with Crippen LogP contribution < -0.4 is 0 Å². The van der Waals surface area contributed by atoms with Crippen LogP contribution in [-0.2, 0) is 4.74 Å². The van der Waals surface area contributed by atoms with Gasteiger partial charge < -0.3 is 4.74 Å². The van der Waals surface area contributed by atoms with Gasteiger partial charge in [0.05, 0.1) is 10.9 Å². The molecular formula is C13H17BrO2. The number of halogens is 1. The van der Waals surface area contributed by atoms with Gasteiger partial charge in [-0.2, -0.15) is 0 Å². The minimum atomic E-state index is -0.170. The van der Waals surface area contributed by atoms with Gasteiger partial charge in [0.2, 0.25) is 0 Å². The van der Waals surface area contributed by atoms with Crippen LogP contribution in [0.4, 0.5) is 0 Å². The number of alkyl halides is 1. The Kier molecular flexibility index (Phi) is 5.71. The predicted molar refractivity (Wildman–Crippen MR) is 69.2 cm³/mol. The van der Waals surface area contributed by atoms with E-state index in [4.69, 9.17) is 4.74 Å². The van der Waals surface area contributed by atoms with Gasteiger partial charge in [0.25, 0.3) is 0 Å². The number of carbonyl (C=O) groups excluding carboxylic acids is 1. The Morgan fingerprint density at radius 3 is 2.56 bits per heavy atom. The highest BCUT2D eigenvalue weighted by atomic mass is 79.9. The molecule has 16 heavy (non-hydrogen) atoms. The van der Waals surface area contributed by atoms with Crippen LogP contribution in [0, 0.1) is 0 Å². The lowest BCUT2D eigenvalue weighted by atomic mass is 10.0. The molecule has 2 atom stereocenters. The van der Waals surface area contributed by atoms with E-state index in [9.17, 15) is 4.79 Å². The maximum absolute atomic E-state index is 12.0. The molecule has 0 saturated carbocycles. The number of rotatable bonds is 6. The van der Waals surface area contributed by atoms with Gasteiger partial charge in [-0.3, -0.25) is 4.79 Å². The second-order valence-electron chi connectivity index (χ2n) is 3.70. The standard InChI is InChI=1S/C13H17BrO2/c1-3-16-10(2)9-12(14)13(15)11-7-5-4-6-8-11/h4-8,10,12H,3,9H2,1-2H3. The molecule has 3 heteroatoms. The molecule has 2 nitrogen and oxygen atoms in total. The first kappa shape index (κ1) is 13.4. The topological polar surface area (TPSA) is 26.3 Å². The molecule has 0 aliphatic heterocycles. The third-order valence-electron chi connectivity index (χ3n) is 2.33. The van der Waals surface area contributed by atoms with Crippen molar-refractivity contribution in [3.63, 3.8) is 0 Å². The van der Waals surface area contributed by atoms with Gasteiger partial charge in [-0.15, -0.1) is 0 Å². The van der Waals surface area contributed by atoms with Crippen LogP contribution in [0.25, 0.3) is 0 Å². The van der Waals surface area contributed by atoms with Gasteiger partial charge >= 0.3 is 0 Å². The molecule has 88 valence electrons. The first-order valence-corrected chi connectivity index (χ1v) is 6.41. The summed E-state index contributed by atoms with van der Waals surface area (Å²) < 4.78 is 5.42. The highest BCUT2D eigenvalue weighted by Gasteiger charge is 2.19. The van der Waals surface area contributed by atoms with Crippen molar-refractivity contribution in [3.8, 4) is 0 Å². The van der Waals surface area contributed by atoms with Crippen LogP contribution in [-0.4, -0.2) is 23.3 Å². The molecule has 0 aliphatic carbocycles.